The van der Waals surface area contributed by atoms with E-state index in [1.807, 2.05) is 11.8 Å². The molecule has 0 bridgehead atoms. The lowest BCUT2D eigenvalue weighted by molar-refractivity contribution is -0.728. The van der Waals surface area contributed by atoms with Crippen LogP contribution in [0.4, 0.5) is 0 Å². The summed E-state index contributed by atoms with van der Waals surface area (Å²) in [6, 6.07) is 2.07. The molecule has 0 atom stereocenters. The summed E-state index contributed by atoms with van der Waals surface area (Å²) in [4.78, 5) is 4.46. The van der Waals surface area contributed by atoms with E-state index in [1.165, 1.54) is 5.75 Å². The molecule has 1 aliphatic heterocycles. The first kappa shape index (κ1) is 7.43. The number of thioether (sulfide) groups is 2. The van der Waals surface area contributed by atoms with Crippen LogP contribution in [0.15, 0.2) is 22.4 Å². The van der Waals surface area contributed by atoms with Gasteiger partial charge in [-0.05, 0) is 23.0 Å². The van der Waals surface area contributed by atoms with Gasteiger partial charge in [-0.25, -0.2) is 4.57 Å². The zero-order chi connectivity index (χ0) is 7.68. The van der Waals surface area contributed by atoms with Crippen LogP contribution in [0.3, 0.4) is 0 Å². The second kappa shape index (κ2) is 3.03. The van der Waals surface area contributed by atoms with Gasteiger partial charge in [-0.15, -0.1) is 0 Å². The highest BCUT2D eigenvalue weighted by Gasteiger charge is 2.20. The molecule has 0 saturated heterocycles. The summed E-state index contributed by atoms with van der Waals surface area (Å²) in [7, 11) is 0. The predicted octanol–water partition coefficient (Wildman–Crippen LogP) is 1.20. The minimum Gasteiger partial charge on any atom is -0.224 e. The van der Waals surface area contributed by atoms with E-state index in [0.29, 0.717) is 0 Å². The molecule has 58 valence electrons. The van der Waals surface area contributed by atoms with Crippen molar-refractivity contribution < 1.29 is 4.57 Å². The molecule has 0 aromatic carbocycles. The third-order valence-corrected chi connectivity index (χ3v) is 3.24. The summed E-state index contributed by atoms with van der Waals surface area (Å²) in [5.74, 6) is 1.17. The van der Waals surface area contributed by atoms with Crippen molar-refractivity contribution in [2.45, 2.75) is 16.7 Å². The molecule has 1 aromatic heterocycles. The van der Waals surface area contributed by atoms with E-state index in [4.69, 9.17) is 0 Å². The van der Waals surface area contributed by atoms with Gasteiger partial charge in [-0.3, -0.25) is 0 Å². The fourth-order valence-corrected chi connectivity index (χ4v) is 2.43. The molecule has 0 radical (unpaired) electrons. The Morgan fingerprint density at radius 3 is 3.45 bits per heavy atom. The highest BCUT2D eigenvalue weighted by Crippen LogP contribution is 2.19. The fourth-order valence-electron chi connectivity index (χ4n) is 1.05. The number of hydrogen-bond acceptors (Lipinski definition) is 3. The van der Waals surface area contributed by atoms with Crippen LogP contribution < -0.4 is 4.57 Å². The summed E-state index contributed by atoms with van der Waals surface area (Å²) < 4.78 is 2.20. The molecular formula is C7H9N2S2+. The number of nitrogens with zero attached hydrogens (tertiary/aromatic N) is 2. The van der Waals surface area contributed by atoms with E-state index in [2.05, 4.69) is 28.1 Å². The van der Waals surface area contributed by atoms with Crippen LogP contribution in [0.25, 0.3) is 0 Å². The quantitative estimate of drug-likeness (QED) is 0.283. The Morgan fingerprint density at radius 2 is 2.64 bits per heavy atom. The zero-order valence-electron chi connectivity index (χ0n) is 6.28. The zero-order valence-corrected chi connectivity index (χ0v) is 7.91. The monoisotopic (exact) mass is 185 g/mol. The molecule has 4 heteroatoms. The molecular weight excluding hydrogens is 176 g/mol. The first-order valence-electron chi connectivity index (χ1n) is 3.47. The topological polar surface area (TPSA) is 16.8 Å². The summed E-state index contributed by atoms with van der Waals surface area (Å²) in [5, 5.41) is 2.28. The molecule has 0 N–H and O–H groups in total. The van der Waals surface area contributed by atoms with E-state index in [1.54, 1.807) is 11.8 Å². The normalized spacial score (nSPS) is 15.0. The van der Waals surface area contributed by atoms with Crippen LogP contribution in [-0.2, 0) is 6.54 Å². The van der Waals surface area contributed by atoms with Gasteiger partial charge in [0.2, 0.25) is 5.03 Å². The van der Waals surface area contributed by atoms with Gasteiger partial charge >= 0.3 is 5.16 Å². The van der Waals surface area contributed by atoms with E-state index in [9.17, 15) is 0 Å². The maximum atomic E-state index is 4.46. The van der Waals surface area contributed by atoms with Gasteiger partial charge < -0.3 is 0 Å². The number of aryl methyl sites for hydroxylation is 1. The SMILES string of the molecule is CSc1cc[n+]2c(n1)SCC2. The molecule has 1 aromatic rings. The van der Waals surface area contributed by atoms with Crippen molar-refractivity contribution in [3.63, 3.8) is 0 Å². The smallest absolute Gasteiger partial charge is 0.224 e. The van der Waals surface area contributed by atoms with Crippen molar-refractivity contribution in [1.82, 2.24) is 4.98 Å². The van der Waals surface area contributed by atoms with Crippen LogP contribution in [-0.4, -0.2) is 17.0 Å². The van der Waals surface area contributed by atoms with Crippen LogP contribution >= 0.6 is 23.5 Å². The van der Waals surface area contributed by atoms with E-state index >= 15 is 0 Å². The Hall–Kier alpha value is -0.220. The summed E-state index contributed by atoms with van der Waals surface area (Å²) in [6.45, 7) is 1.11. The molecule has 2 heterocycles. The lowest BCUT2D eigenvalue weighted by atomic mass is 10.6. The van der Waals surface area contributed by atoms with Gasteiger partial charge in [0, 0.05) is 11.8 Å². The maximum Gasteiger partial charge on any atom is 0.360 e. The molecule has 0 amide bonds. The molecule has 2 rings (SSSR count). The number of rotatable bonds is 1. The van der Waals surface area contributed by atoms with E-state index in [-0.39, 0.29) is 0 Å². The van der Waals surface area contributed by atoms with Crippen molar-refractivity contribution in [3.05, 3.63) is 12.3 Å². The minimum absolute atomic E-state index is 1.11. The van der Waals surface area contributed by atoms with E-state index < -0.39 is 0 Å². The summed E-state index contributed by atoms with van der Waals surface area (Å²) in [5.41, 5.74) is 0. The standard InChI is InChI=1S/C7H9N2S2/c1-10-6-2-3-9-4-5-11-7(9)8-6/h2-3H,4-5H2,1H3/q+1. The minimum atomic E-state index is 1.11. The van der Waals surface area contributed by atoms with Gasteiger partial charge in [-0.2, -0.15) is 0 Å². The molecule has 2 nitrogen and oxygen atoms in total. The third-order valence-electron chi connectivity index (χ3n) is 1.62. The van der Waals surface area contributed by atoms with Gasteiger partial charge in [0.1, 0.15) is 6.54 Å². The Morgan fingerprint density at radius 1 is 1.73 bits per heavy atom. The average molecular weight is 185 g/mol. The first-order chi connectivity index (χ1) is 5.40. The highest BCUT2D eigenvalue weighted by molar-refractivity contribution is 7.99. The fraction of sp³-hybridized carbons (Fsp3) is 0.429. The van der Waals surface area contributed by atoms with Crippen molar-refractivity contribution in [2.75, 3.05) is 12.0 Å². The predicted molar refractivity (Wildman–Crippen MR) is 46.9 cm³/mol. The molecule has 0 saturated carbocycles. The Kier molecular flexibility index (Phi) is 2.05. The molecule has 11 heavy (non-hydrogen) atoms. The summed E-state index contributed by atoms with van der Waals surface area (Å²) >= 11 is 3.53. The van der Waals surface area contributed by atoms with Gasteiger partial charge in [0.15, 0.2) is 0 Å². The molecule has 0 fully saturated rings. The first-order valence-corrected chi connectivity index (χ1v) is 5.68. The highest BCUT2D eigenvalue weighted by atomic mass is 32.2. The third kappa shape index (κ3) is 1.37. The Labute approximate surface area is 74.4 Å². The van der Waals surface area contributed by atoms with Crippen molar-refractivity contribution in [2.24, 2.45) is 0 Å². The lowest BCUT2D eigenvalue weighted by Crippen LogP contribution is -2.32. The Balaban J connectivity index is 2.41. The number of fused-ring (bicyclic) bond motifs is 1. The van der Waals surface area contributed by atoms with Crippen molar-refractivity contribution in [3.8, 4) is 0 Å². The van der Waals surface area contributed by atoms with Crippen LogP contribution in [0.5, 0.6) is 0 Å². The molecule has 0 unspecified atom stereocenters. The summed E-state index contributed by atoms with van der Waals surface area (Å²) in [6.07, 6.45) is 4.17. The van der Waals surface area contributed by atoms with E-state index in [0.717, 1.165) is 16.7 Å². The van der Waals surface area contributed by atoms with Gasteiger partial charge in [-0.1, -0.05) is 11.8 Å². The Bertz CT molecular complexity index is 275. The van der Waals surface area contributed by atoms with Crippen molar-refractivity contribution >= 4 is 23.5 Å². The maximum absolute atomic E-state index is 4.46. The lowest BCUT2D eigenvalue weighted by Gasteiger charge is -1.91. The second-order valence-electron chi connectivity index (χ2n) is 2.29. The second-order valence-corrected chi connectivity index (χ2v) is 4.18. The van der Waals surface area contributed by atoms with Gasteiger partial charge in [0.05, 0.1) is 6.20 Å². The number of hydrogen-bond donors (Lipinski definition) is 0. The molecule has 0 spiro atoms. The van der Waals surface area contributed by atoms with Crippen LogP contribution in [0.1, 0.15) is 0 Å². The molecule has 0 aliphatic carbocycles. The van der Waals surface area contributed by atoms with Gasteiger partial charge in [0.25, 0.3) is 0 Å². The average Bonchev–Trinajstić information content (AvgIpc) is 2.50. The van der Waals surface area contributed by atoms with Crippen LogP contribution in [0, 0.1) is 0 Å². The molecule has 1 aliphatic rings. The number of aromatic nitrogens is 2. The van der Waals surface area contributed by atoms with Crippen molar-refractivity contribution in [1.29, 1.82) is 0 Å². The van der Waals surface area contributed by atoms with Crippen LogP contribution in [0.2, 0.25) is 0 Å². The largest absolute Gasteiger partial charge is 0.360 e.